The van der Waals surface area contributed by atoms with Crippen LogP contribution in [0.25, 0.3) is 0 Å². The average Bonchev–Trinajstić information content (AvgIpc) is 3.39. The molecule has 0 aromatic rings. The van der Waals surface area contributed by atoms with Crippen LogP contribution in [-0.2, 0) is 28.6 Å². The molecule has 0 saturated carbocycles. The Bertz CT molecular complexity index is 1580. The van der Waals surface area contributed by atoms with Gasteiger partial charge in [0.15, 0.2) is 6.10 Å². The molecule has 0 aliphatic rings. The molecule has 0 radical (unpaired) electrons. The van der Waals surface area contributed by atoms with Crippen LogP contribution in [0.15, 0.2) is 134 Å². The van der Waals surface area contributed by atoms with Gasteiger partial charge in [0, 0.05) is 19.3 Å². The molecule has 0 spiro atoms. The molecule has 0 bridgehead atoms. The first-order valence-corrected chi connectivity index (χ1v) is 29.7. The summed E-state index contributed by atoms with van der Waals surface area (Å²) in [5.41, 5.74) is 0. The quantitative estimate of drug-likeness (QED) is 0.0261. The molecule has 0 heterocycles. The molecule has 0 aromatic heterocycles. The molecule has 0 fully saturated rings. The van der Waals surface area contributed by atoms with E-state index in [2.05, 4.69) is 154 Å². The molecule has 0 rings (SSSR count). The predicted octanol–water partition coefficient (Wildman–Crippen LogP) is 20.2. The van der Waals surface area contributed by atoms with E-state index >= 15 is 0 Å². The van der Waals surface area contributed by atoms with Crippen molar-refractivity contribution in [2.45, 2.75) is 258 Å². The lowest BCUT2D eigenvalue weighted by Crippen LogP contribution is -2.30. The van der Waals surface area contributed by atoms with Gasteiger partial charge in [-0.25, -0.2) is 0 Å². The van der Waals surface area contributed by atoms with E-state index < -0.39 is 6.10 Å². The minimum absolute atomic E-state index is 0.0938. The molecule has 0 N–H and O–H groups in total. The van der Waals surface area contributed by atoms with Gasteiger partial charge in [-0.3, -0.25) is 14.4 Å². The van der Waals surface area contributed by atoms with Gasteiger partial charge in [-0.15, -0.1) is 0 Å². The first kappa shape index (κ1) is 68.6. The zero-order valence-corrected chi connectivity index (χ0v) is 47.1. The summed E-state index contributed by atoms with van der Waals surface area (Å²) < 4.78 is 16.8. The van der Waals surface area contributed by atoms with Gasteiger partial charge in [0.05, 0.1) is 0 Å². The Balaban J connectivity index is 4.30. The molecule has 0 aliphatic heterocycles. The van der Waals surface area contributed by atoms with Crippen LogP contribution in [0.4, 0.5) is 0 Å². The highest BCUT2D eigenvalue weighted by Gasteiger charge is 2.19. The monoisotopic (exact) mass is 1010 g/mol. The lowest BCUT2D eigenvalue weighted by atomic mass is 10.1. The fourth-order valence-corrected chi connectivity index (χ4v) is 7.77. The smallest absolute Gasteiger partial charge is 0.306 e. The van der Waals surface area contributed by atoms with E-state index in [0.29, 0.717) is 19.3 Å². The van der Waals surface area contributed by atoms with Crippen molar-refractivity contribution in [2.24, 2.45) is 0 Å². The van der Waals surface area contributed by atoms with Gasteiger partial charge in [0.25, 0.3) is 0 Å². The van der Waals surface area contributed by atoms with Crippen molar-refractivity contribution in [3.05, 3.63) is 134 Å². The third-order valence-corrected chi connectivity index (χ3v) is 12.2. The topological polar surface area (TPSA) is 78.9 Å². The molecule has 0 aromatic carbocycles. The fourth-order valence-electron chi connectivity index (χ4n) is 7.77. The van der Waals surface area contributed by atoms with Crippen molar-refractivity contribution in [3.8, 4) is 0 Å². The van der Waals surface area contributed by atoms with Crippen LogP contribution >= 0.6 is 0 Å². The molecule has 412 valence electrons. The second kappa shape index (κ2) is 60.1. The average molecular weight is 1010 g/mol. The Hall–Kier alpha value is -4.45. The number of hydrogen-bond donors (Lipinski definition) is 0. The number of carbonyl (C=O) groups excluding carboxylic acids is 3. The summed E-state index contributed by atoms with van der Waals surface area (Å²) in [6.07, 6.45) is 84.5. The molecule has 6 heteroatoms. The van der Waals surface area contributed by atoms with Crippen molar-refractivity contribution >= 4 is 17.9 Å². The lowest BCUT2D eigenvalue weighted by Gasteiger charge is -2.18. The van der Waals surface area contributed by atoms with Crippen LogP contribution in [0.3, 0.4) is 0 Å². The van der Waals surface area contributed by atoms with Crippen molar-refractivity contribution in [1.82, 2.24) is 0 Å². The molecule has 0 saturated heterocycles. The largest absolute Gasteiger partial charge is 0.462 e. The van der Waals surface area contributed by atoms with E-state index in [1.807, 2.05) is 0 Å². The van der Waals surface area contributed by atoms with Crippen molar-refractivity contribution in [2.75, 3.05) is 13.2 Å². The predicted molar refractivity (Wildman–Crippen MR) is 316 cm³/mol. The van der Waals surface area contributed by atoms with Crippen molar-refractivity contribution in [3.63, 3.8) is 0 Å². The fraction of sp³-hybridized carbons (Fsp3) is 0.627. The number of unbranched alkanes of at least 4 members (excludes halogenated alkanes) is 19. The van der Waals surface area contributed by atoms with Gasteiger partial charge in [-0.05, 0) is 116 Å². The number of carbonyl (C=O) groups is 3. The molecule has 73 heavy (non-hydrogen) atoms. The first-order chi connectivity index (χ1) is 36.0. The summed E-state index contributed by atoms with van der Waals surface area (Å²) in [5.74, 6) is -0.935. The number of allylic oxidation sites excluding steroid dienone is 22. The Morgan fingerprint density at radius 3 is 0.836 bits per heavy atom. The summed E-state index contributed by atoms with van der Waals surface area (Å²) in [7, 11) is 0. The van der Waals surface area contributed by atoms with Crippen LogP contribution < -0.4 is 0 Å². The maximum absolute atomic E-state index is 12.8. The van der Waals surface area contributed by atoms with Crippen LogP contribution in [0, 0.1) is 0 Å². The van der Waals surface area contributed by atoms with Crippen LogP contribution in [-0.4, -0.2) is 37.2 Å². The standard InChI is InChI=1S/C67H108O6/c1-4-7-10-13-16-19-21-23-25-27-28-29-30-31-32-33-34-35-36-37-38-40-41-43-45-48-51-54-57-60-66(69)72-63-64(62-71-65(68)59-56-53-50-47-18-15-12-9-6-3)73-67(70)61-58-55-52-49-46-44-42-39-26-24-22-20-17-14-11-8-5-2/h7-8,10-11,16-17,19-20,23-26,28-29,31-32,34-35,37-38,42,44,64H,4-6,9,12-15,18,21-22,27,30,33,36,39-41,43,45-63H2,1-3H3/b10-7-,11-8-,19-16-,20-17-,25-23-,26-24-,29-28-,32-31-,35-34-,38-37-,44-42-. The van der Waals surface area contributed by atoms with Gasteiger partial charge < -0.3 is 14.2 Å². The molecule has 1 unspecified atom stereocenters. The minimum atomic E-state index is -0.798. The summed E-state index contributed by atoms with van der Waals surface area (Å²) in [6, 6.07) is 0. The minimum Gasteiger partial charge on any atom is -0.462 e. The maximum Gasteiger partial charge on any atom is 0.306 e. The number of rotatable bonds is 52. The molecule has 6 nitrogen and oxygen atoms in total. The van der Waals surface area contributed by atoms with E-state index in [9.17, 15) is 14.4 Å². The van der Waals surface area contributed by atoms with Crippen LogP contribution in [0.1, 0.15) is 252 Å². The normalized spacial score (nSPS) is 13.1. The highest BCUT2D eigenvalue weighted by molar-refractivity contribution is 5.71. The zero-order chi connectivity index (χ0) is 52.9. The molecule has 1 atom stereocenters. The highest BCUT2D eigenvalue weighted by Crippen LogP contribution is 2.14. The highest BCUT2D eigenvalue weighted by atomic mass is 16.6. The van der Waals surface area contributed by atoms with E-state index in [1.54, 1.807) is 0 Å². The van der Waals surface area contributed by atoms with Gasteiger partial charge >= 0.3 is 17.9 Å². The van der Waals surface area contributed by atoms with Crippen molar-refractivity contribution < 1.29 is 28.6 Å². The van der Waals surface area contributed by atoms with Crippen LogP contribution in [0.5, 0.6) is 0 Å². The number of esters is 3. The second-order valence-electron chi connectivity index (χ2n) is 19.1. The molecular formula is C67H108O6. The van der Waals surface area contributed by atoms with E-state index in [4.69, 9.17) is 14.2 Å². The lowest BCUT2D eigenvalue weighted by molar-refractivity contribution is -0.167. The third-order valence-electron chi connectivity index (χ3n) is 12.2. The summed E-state index contributed by atoms with van der Waals surface area (Å²) in [5, 5.41) is 0. The van der Waals surface area contributed by atoms with Crippen LogP contribution in [0.2, 0.25) is 0 Å². The molecular weight excluding hydrogens is 901 g/mol. The van der Waals surface area contributed by atoms with Crippen molar-refractivity contribution in [1.29, 1.82) is 0 Å². The molecule has 0 aliphatic carbocycles. The Morgan fingerprint density at radius 1 is 0.288 bits per heavy atom. The van der Waals surface area contributed by atoms with Gasteiger partial charge in [0.2, 0.25) is 0 Å². The number of ether oxygens (including phenoxy) is 3. The van der Waals surface area contributed by atoms with Gasteiger partial charge in [-0.1, -0.05) is 251 Å². The number of hydrogen-bond acceptors (Lipinski definition) is 6. The SMILES string of the molecule is CC/C=C\C/C=C\C/C=C\C/C=C\C/C=C\C/C=C\C/C=C\CCCCCCCCCC(=O)OCC(COC(=O)CCCCCCCCCCC)OC(=O)CCCCCC/C=C\C/C=C\C/C=C\C/C=C\CC. The summed E-state index contributed by atoms with van der Waals surface area (Å²) in [6.45, 7) is 6.36. The van der Waals surface area contributed by atoms with E-state index in [-0.39, 0.29) is 31.1 Å². The Kier molecular flexibility index (Phi) is 56.4. The Labute approximate surface area is 449 Å². The first-order valence-electron chi connectivity index (χ1n) is 29.7. The van der Waals surface area contributed by atoms with E-state index in [1.165, 1.54) is 64.2 Å². The summed E-state index contributed by atoms with van der Waals surface area (Å²) in [4.78, 5) is 38.1. The zero-order valence-electron chi connectivity index (χ0n) is 47.1. The van der Waals surface area contributed by atoms with E-state index in [0.717, 1.165) is 148 Å². The molecule has 0 amide bonds. The summed E-state index contributed by atoms with van der Waals surface area (Å²) >= 11 is 0. The van der Waals surface area contributed by atoms with Gasteiger partial charge in [-0.2, -0.15) is 0 Å². The second-order valence-corrected chi connectivity index (χ2v) is 19.1. The van der Waals surface area contributed by atoms with Gasteiger partial charge in [0.1, 0.15) is 13.2 Å². The Morgan fingerprint density at radius 2 is 0.534 bits per heavy atom. The maximum atomic E-state index is 12.8. The third kappa shape index (κ3) is 58.3.